The Bertz CT molecular complexity index is 903. The number of piperazine rings is 1. The van der Waals surface area contributed by atoms with Crippen LogP contribution in [0.2, 0.25) is 5.02 Å². The number of likely N-dealkylation sites (N-methyl/N-ethyl adjacent to an activating group) is 1. The summed E-state index contributed by atoms with van der Waals surface area (Å²) in [5.41, 5.74) is 5.04. The van der Waals surface area contributed by atoms with Crippen LogP contribution in [-0.4, -0.2) is 38.1 Å². The average Bonchev–Trinajstić information content (AvgIpc) is 2.77. The van der Waals surface area contributed by atoms with E-state index < -0.39 is 0 Å². The summed E-state index contributed by atoms with van der Waals surface area (Å²) in [6.07, 6.45) is 8.46. The molecule has 2 aromatic carbocycles. The van der Waals surface area contributed by atoms with Crippen LogP contribution in [0, 0.1) is 6.92 Å². The van der Waals surface area contributed by atoms with Gasteiger partial charge >= 0.3 is 0 Å². The number of aryl methyl sites for hydroxylation is 2. The Morgan fingerprint density at radius 1 is 0.767 bits per heavy atom. The number of pyridine rings is 1. The highest BCUT2D eigenvalue weighted by Gasteiger charge is 2.13. The Labute approximate surface area is 185 Å². The molecule has 4 heteroatoms. The van der Waals surface area contributed by atoms with Crippen molar-refractivity contribution in [2.45, 2.75) is 6.92 Å². The molecule has 3 nitrogen and oxygen atoms in total. The van der Waals surface area contributed by atoms with Crippen molar-refractivity contribution in [2.75, 3.05) is 38.1 Å². The molecule has 0 amide bonds. The van der Waals surface area contributed by atoms with Gasteiger partial charge in [0.05, 0.1) is 0 Å². The Morgan fingerprint density at radius 2 is 1.30 bits per heavy atom. The molecule has 0 bridgehead atoms. The van der Waals surface area contributed by atoms with Crippen LogP contribution in [-0.2, 0) is 7.05 Å². The van der Waals surface area contributed by atoms with Gasteiger partial charge in [0.1, 0.15) is 7.05 Å². The van der Waals surface area contributed by atoms with Gasteiger partial charge in [0.2, 0.25) is 0 Å². The number of rotatable bonds is 3. The monoisotopic (exact) mass is 420 g/mol. The number of aromatic nitrogens is 1. The number of hydrogen-bond donors (Lipinski definition) is 0. The third-order valence-electron chi connectivity index (χ3n) is 5.24. The van der Waals surface area contributed by atoms with Crippen molar-refractivity contribution >= 4 is 29.4 Å². The molecule has 0 spiro atoms. The summed E-state index contributed by atoms with van der Waals surface area (Å²) >= 11 is 5.61. The molecule has 156 valence electrons. The van der Waals surface area contributed by atoms with Gasteiger partial charge in [-0.15, -0.1) is 0 Å². The van der Waals surface area contributed by atoms with Crippen LogP contribution >= 0.6 is 11.6 Å². The normalized spacial score (nSPS) is 14.5. The predicted molar refractivity (Wildman–Crippen MR) is 129 cm³/mol. The van der Waals surface area contributed by atoms with Gasteiger partial charge in [-0.05, 0) is 49.4 Å². The zero-order valence-corrected chi connectivity index (χ0v) is 18.9. The SMILES string of the molecule is CN1CCN(c2ccc(/C=C/c3cc[n+](C)cc3)cc2)CC1.Cc1ccc(Cl)cc1. The molecule has 3 aromatic rings. The van der Waals surface area contributed by atoms with Crippen LogP contribution in [0.1, 0.15) is 16.7 Å². The van der Waals surface area contributed by atoms with Crippen LogP contribution in [0.5, 0.6) is 0 Å². The number of anilines is 1. The minimum Gasteiger partial charge on any atom is -0.369 e. The molecule has 0 unspecified atom stereocenters. The van der Waals surface area contributed by atoms with Gasteiger partial charge in [0, 0.05) is 49.0 Å². The van der Waals surface area contributed by atoms with Gasteiger partial charge in [-0.25, -0.2) is 4.57 Å². The first-order chi connectivity index (χ1) is 14.5. The average molecular weight is 421 g/mol. The molecule has 1 fully saturated rings. The van der Waals surface area contributed by atoms with Crippen molar-refractivity contribution in [3.05, 3.63) is 94.8 Å². The lowest BCUT2D eigenvalue weighted by molar-refractivity contribution is -0.671. The summed E-state index contributed by atoms with van der Waals surface area (Å²) in [4.78, 5) is 4.85. The number of hydrogen-bond acceptors (Lipinski definition) is 2. The number of nitrogens with zero attached hydrogens (tertiary/aromatic N) is 3. The number of benzene rings is 2. The zero-order valence-electron chi connectivity index (χ0n) is 18.1. The smallest absolute Gasteiger partial charge is 0.169 e. The van der Waals surface area contributed by atoms with Crippen molar-refractivity contribution in [1.82, 2.24) is 4.90 Å². The van der Waals surface area contributed by atoms with E-state index in [-0.39, 0.29) is 0 Å². The number of halogens is 1. The van der Waals surface area contributed by atoms with Crippen molar-refractivity contribution in [3.63, 3.8) is 0 Å². The van der Waals surface area contributed by atoms with Gasteiger partial charge in [0.25, 0.3) is 0 Å². The summed E-state index contributed by atoms with van der Waals surface area (Å²) in [5.74, 6) is 0. The van der Waals surface area contributed by atoms with E-state index in [1.54, 1.807) is 0 Å². The molecule has 0 radical (unpaired) electrons. The zero-order chi connectivity index (χ0) is 21.3. The van der Waals surface area contributed by atoms with Crippen LogP contribution in [0.25, 0.3) is 12.2 Å². The second-order valence-electron chi connectivity index (χ2n) is 7.81. The topological polar surface area (TPSA) is 10.4 Å². The maximum Gasteiger partial charge on any atom is 0.169 e. The second kappa shape index (κ2) is 11.0. The molecule has 2 heterocycles. The first kappa shape index (κ1) is 22.1. The Balaban J connectivity index is 0.000000269. The highest BCUT2D eigenvalue weighted by atomic mass is 35.5. The first-order valence-corrected chi connectivity index (χ1v) is 10.8. The highest BCUT2D eigenvalue weighted by molar-refractivity contribution is 6.30. The van der Waals surface area contributed by atoms with Crippen LogP contribution in [0.15, 0.2) is 73.1 Å². The fourth-order valence-electron chi connectivity index (χ4n) is 3.21. The van der Waals surface area contributed by atoms with E-state index >= 15 is 0 Å². The quantitative estimate of drug-likeness (QED) is 0.547. The highest BCUT2D eigenvalue weighted by Crippen LogP contribution is 2.18. The maximum absolute atomic E-state index is 5.61. The van der Waals surface area contributed by atoms with Crippen molar-refractivity contribution in [2.24, 2.45) is 7.05 Å². The summed E-state index contributed by atoms with van der Waals surface area (Å²) in [6, 6.07) is 20.9. The molecule has 0 saturated carbocycles. The third kappa shape index (κ3) is 7.01. The molecule has 1 aliphatic rings. The van der Waals surface area contributed by atoms with E-state index in [0.717, 1.165) is 31.2 Å². The van der Waals surface area contributed by atoms with E-state index in [4.69, 9.17) is 11.6 Å². The van der Waals surface area contributed by atoms with E-state index in [0.29, 0.717) is 0 Å². The van der Waals surface area contributed by atoms with Crippen molar-refractivity contribution in [3.8, 4) is 0 Å². The Kier molecular flexibility index (Phi) is 8.06. The van der Waals surface area contributed by atoms with E-state index in [2.05, 4.69) is 77.8 Å². The maximum atomic E-state index is 5.61. The minimum absolute atomic E-state index is 0.801. The Hall–Kier alpha value is -2.62. The van der Waals surface area contributed by atoms with Crippen LogP contribution in [0.4, 0.5) is 5.69 Å². The molecule has 1 aromatic heterocycles. The fourth-order valence-corrected chi connectivity index (χ4v) is 3.34. The summed E-state index contributed by atoms with van der Waals surface area (Å²) in [6.45, 7) is 6.57. The molecule has 0 aliphatic carbocycles. The lowest BCUT2D eigenvalue weighted by Gasteiger charge is -2.34. The van der Waals surface area contributed by atoms with Crippen LogP contribution in [0.3, 0.4) is 0 Å². The first-order valence-electron chi connectivity index (χ1n) is 10.4. The van der Waals surface area contributed by atoms with Crippen molar-refractivity contribution in [1.29, 1.82) is 0 Å². The van der Waals surface area contributed by atoms with Crippen molar-refractivity contribution < 1.29 is 4.57 Å². The summed E-state index contributed by atoms with van der Waals surface area (Å²) in [7, 11) is 4.22. The van der Waals surface area contributed by atoms with Gasteiger partial charge in [-0.2, -0.15) is 0 Å². The largest absolute Gasteiger partial charge is 0.369 e. The lowest BCUT2D eigenvalue weighted by Crippen LogP contribution is -2.44. The molecular formula is C26H31ClN3+. The summed E-state index contributed by atoms with van der Waals surface area (Å²) < 4.78 is 2.04. The van der Waals surface area contributed by atoms with E-state index in [1.165, 1.54) is 22.4 Å². The predicted octanol–water partition coefficient (Wildman–Crippen LogP) is 5.08. The van der Waals surface area contributed by atoms with E-state index in [1.807, 2.05) is 42.8 Å². The molecule has 1 aliphatic heterocycles. The van der Waals surface area contributed by atoms with Gasteiger partial charge < -0.3 is 9.80 Å². The molecule has 30 heavy (non-hydrogen) atoms. The summed E-state index contributed by atoms with van der Waals surface area (Å²) in [5, 5.41) is 0.801. The standard InChI is InChI=1S/C19H24N3.C7H7Cl/c1-20-11-9-18(10-12-20)4-3-17-5-7-19(8-6-17)22-15-13-21(2)14-16-22;1-6-2-4-7(8)5-3-6/h3-12H,13-16H2,1-2H3;2-5H,1H3/q+1;. The molecule has 4 rings (SSSR count). The fraction of sp³-hybridized carbons (Fsp3) is 0.269. The minimum atomic E-state index is 0.801. The van der Waals surface area contributed by atoms with Crippen LogP contribution < -0.4 is 9.47 Å². The second-order valence-corrected chi connectivity index (χ2v) is 8.24. The van der Waals surface area contributed by atoms with Gasteiger partial charge in [0.15, 0.2) is 12.4 Å². The lowest BCUT2D eigenvalue weighted by atomic mass is 10.1. The Morgan fingerprint density at radius 3 is 1.83 bits per heavy atom. The molecule has 1 saturated heterocycles. The molecule has 0 N–H and O–H groups in total. The van der Waals surface area contributed by atoms with Gasteiger partial charge in [-0.1, -0.05) is 53.6 Å². The van der Waals surface area contributed by atoms with Gasteiger partial charge in [-0.3, -0.25) is 0 Å². The van der Waals surface area contributed by atoms with E-state index in [9.17, 15) is 0 Å². The molecule has 0 atom stereocenters. The molecular weight excluding hydrogens is 390 g/mol. The third-order valence-corrected chi connectivity index (χ3v) is 5.50.